The van der Waals surface area contributed by atoms with Gasteiger partial charge in [-0.15, -0.1) is 0 Å². The van der Waals surface area contributed by atoms with E-state index in [2.05, 4.69) is 15.0 Å². The Kier molecular flexibility index (Phi) is 4.50. The van der Waals surface area contributed by atoms with Crippen LogP contribution in [0.15, 0.2) is 34.9 Å². The monoisotopic (exact) mass is 286 g/mol. The highest BCUT2D eigenvalue weighted by molar-refractivity contribution is 5.31. The van der Waals surface area contributed by atoms with Crippen LogP contribution in [0.2, 0.25) is 0 Å². The molecule has 1 unspecified atom stereocenters. The lowest BCUT2D eigenvalue weighted by Gasteiger charge is -2.16. The van der Waals surface area contributed by atoms with Crippen molar-refractivity contribution in [3.63, 3.8) is 0 Å². The van der Waals surface area contributed by atoms with E-state index in [1.807, 2.05) is 30.3 Å². The molecule has 1 aliphatic rings. The van der Waals surface area contributed by atoms with E-state index in [9.17, 15) is 0 Å². The molecule has 0 spiro atoms. The molecule has 0 bridgehead atoms. The second-order valence-corrected chi connectivity index (χ2v) is 5.53. The van der Waals surface area contributed by atoms with E-state index in [-0.39, 0.29) is 5.92 Å². The number of hydrogen-bond acceptors (Lipinski definition) is 5. The zero-order chi connectivity index (χ0) is 14.5. The van der Waals surface area contributed by atoms with Gasteiger partial charge in [0.2, 0.25) is 5.89 Å². The molecule has 2 aromatic rings. The summed E-state index contributed by atoms with van der Waals surface area (Å²) in [4.78, 5) is 6.81. The van der Waals surface area contributed by atoms with Crippen LogP contribution in [0.4, 0.5) is 5.95 Å². The van der Waals surface area contributed by atoms with Gasteiger partial charge >= 0.3 is 0 Å². The first-order chi connectivity index (χ1) is 10.4. The molecule has 21 heavy (non-hydrogen) atoms. The molecule has 2 heterocycles. The second-order valence-electron chi connectivity index (χ2n) is 5.53. The van der Waals surface area contributed by atoms with Crippen LogP contribution in [0, 0.1) is 0 Å². The van der Waals surface area contributed by atoms with Gasteiger partial charge in [0.25, 0.3) is 5.95 Å². The van der Waals surface area contributed by atoms with Gasteiger partial charge in [0.15, 0.2) is 0 Å². The van der Waals surface area contributed by atoms with Crippen molar-refractivity contribution in [1.82, 2.24) is 10.1 Å². The molecule has 5 heteroatoms. The smallest absolute Gasteiger partial charge is 0.266 e. The molecule has 1 atom stereocenters. The Morgan fingerprint density at radius 1 is 1.10 bits per heavy atom. The molecular weight excluding hydrogens is 264 g/mol. The Hall–Kier alpha value is -1.88. The molecule has 1 fully saturated rings. The van der Waals surface area contributed by atoms with Gasteiger partial charge in [-0.3, -0.25) is 0 Å². The quantitative estimate of drug-likeness (QED) is 0.935. The molecule has 1 aromatic carbocycles. The lowest BCUT2D eigenvalue weighted by atomic mass is 9.99. The SMILES string of the molecule is NCC(c1ccccc1)c1nc(N2CCCCCC2)no1. The van der Waals surface area contributed by atoms with Gasteiger partial charge in [0.05, 0.1) is 5.92 Å². The van der Waals surface area contributed by atoms with Gasteiger partial charge in [-0.2, -0.15) is 4.98 Å². The van der Waals surface area contributed by atoms with Gasteiger partial charge < -0.3 is 15.2 Å². The van der Waals surface area contributed by atoms with Crippen LogP contribution in [0.1, 0.15) is 43.1 Å². The van der Waals surface area contributed by atoms with Gasteiger partial charge in [-0.25, -0.2) is 0 Å². The Morgan fingerprint density at radius 3 is 2.48 bits per heavy atom. The summed E-state index contributed by atoms with van der Waals surface area (Å²) in [5.41, 5.74) is 7.02. The van der Waals surface area contributed by atoms with Crippen LogP contribution in [-0.4, -0.2) is 29.8 Å². The van der Waals surface area contributed by atoms with Crippen molar-refractivity contribution in [3.8, 4) is 0 Å². The highest BCUT2D eigenvalue weighted by Crippen LogP contribution is 2.24. The normalized spacial score (nSPS) is 17.5. The second kappa shape index (κ2) is 6.72. The van der Waals surface area contributed by atoms with E-state index in [4.69, 9.17) is 10.3 Å². The number of nitrogens with two attached hydrogens (primary N) is 1. The summed E-state index contributed by atoms with van der Waals surface area (Å²) in [7, 11) is 0. The summed E-state index contributed by atoms with van der Waals surface area (Å²) in [6.45, 7) is 2.49. The van der Waals surface area contributed by atoms with E-state index >= 15 is 0 Å². The van der Waals surface area contributed by atoms with Crippen LogP contribution in [-0.2, 0) is 0 Å². The molecule has 1 aromatic heterocycles. The Balaban J connectivity index is 1.79. The zero-order valence-electron chi connectivity index (χ0n) is 12.2. The molecule has 0 radical (unpaired) electrons. The van der Waals surface area contributed by atoms with Crippen molar-refractivity contribution >= 4 is 5.95 Å². The number of benzene rings is 1. The van der Waals surface area contributed by atoms with E-state index in [1.54, 1.807) is 0 Å². The molecule has 0 amide bonds. The first-order valence-electron chi connectivity index (χ1n) is 7.72. The summed E-state index contributed by atoms with van der Waals surface area (Å²) in [5, 5.41) is 4.16. The van der Waals surface area contributed by atoms with Crippen molar-refractivity contribution in [1.29, 1.82) is 0 Å². The minimum Gasteiger partial charge on any atom is -0.338 e. The average molecular weight is 286 g/mol. The molecule has 3 rings (SSSR count). The zero-order valence-corrected chi connectivity index (χ0v) is 12.2. The van der Waals surface area contributed by atoms with Gasteiger partial charge in [0.1, 0.15) is 0 Å². The fourth-order valence-corrected chi connectivity index (χ4v) is 2.83. The lowest BCUT2D eigenvalue weighted by Crippen LogP contribution is -2.25. The average Bonchev–Trinajstić information content (AvgIpc) is 2.84. The number of rotatable bonds is 4. The highest BCUT2D eigenvalue weighted by atomic mass is 16.5. The maximum atomic E-state index is 5.91. The summed E-state index contributed by atoms with van der Waals surface area (Å²) >= 11 is 0. The number of nitrogens with zero attached hydrogens (tertiary/aromatic N) is 3. The molecule has 0 saturated carbocycles. The summed E-state index contributed by atoms with van der Waals surface area (Å²) < 4.78 is 5.48. The van der Waals surface area contributed by atoms with E-state index in [0.717, 1.165) is 18.7 Å². The predicted molar refractivity (Wildman–Crippen MR) is 82.3 cm³/mol. The maximum Gasteiger partial charge on any atom is 0.266 e. The number of hydrogen-bond donors (Lipinski definition) is 1. The van der Waals surface area contributed by atoms with Crippen LogP contribution in [0.3, 0.4) is 0 Å². The Labute approximate surface area is 125 Å². The molecule has 0 aliphatic carbocycles. The molecule has 1 saturated heterocycles. The predicted octanol–water partition coefficient (Wildman–Crippen LogP) is 2.54. The van der Waals surface area contributed by atoms with E-state index in [1.165, 1.54) is 25.7 Å². The van der Waals surface area contributed by atoms with Gasteiger partial charge in [-0.1, -0.05) is 43.2 Å². The van der Waals surface area contributed by atoms with Crippen molar-refractivity contribution in [2.75, 3.05) is 24.5 Å². The minimum absolute atomic E-state index is 0.0283. The van der Waals surface area contributed by atoms with E-state index < -0.39 is 0 Å². The topological polar surface area (TPSA) is 68.2 Å². The van der Waals surface area contributed by atoms with Crippen molar-refractivity contribution in [2.45, 2.75) is 31.6 Å². The Bertz CT molecular complexity index is 546. The first-order valence-corrected chi connectivity index (χ1v) is 7.72. The number of aromatic nitrogens is 2. The first kappa shape index (κ1) is 14.1. The maximum absolute atomic E-state index is 5.91. The van der Waals surface area contributed by atoms with Crippen LogP contribution >= 0.6 is 0 Å². The molecule has 1 aliphatic heterocycles. The van der Waals surface area contributed by atoms with Crippen molar-refractivity contribution < 1.29 is 4.52 Å². The molecule has 2 N–H and O–H groups in total. The Morgan fingerprint density at radius 2 is 1.81 bits per heavy atom. The lowest BCUT2D eigenvalue weighted by molar-refractivity contribution is 0.365. The highest BCUT2D eigenvalue weighted by Gasteiger charge is 2.22. The van der Waals surface area contributed by atoms with Gasteiger partial charge in [0, 0.05) is 19.6 Å². The summed E-state index contributed by atoms with van der Waals surface area (Å²) in [5.74, 6) is 1.30. The molecular formula is C16H22N4O. The number of anilines is 1. The molecule has 112 valence electrons. The van der Waals surface area contributed by atoms with Gasteiger partial charge in [-0.05, 0) is 23.6 Å². The van der Waals surface area contributed by atoms with Crippen LogP contribution in [0.25, 0.3) is 0 Å². The van der Waals surface area contributed by atoms with Crippen molar-refractivity contribution in [2.24, 2.45) is 5.73 Å². The third kappa shape index (κ3) is 3.24. The largest absolute Gasteiger partial charge is 0.338 e. The third-order valence-corrected chi connectivity index (χ3v) is 4.06. The fraction of sp³-hybridized carbons (Fsp3) is 0.500. The summed E-state index contributed by atoms with van der Waals surface area (Å²) in [6.07, 6.45) is 4.97. The summed E-state index contributed by atoms with van der Waals surface area (Å²) in [6, 6.07) is 10.1. The van der Waals surface area contributed by atoms with E-state index in [0.29, 0.717) is 18.4 Å². The standard InChI is InChI=1S/C16H22N4O/c17-12-14(13-8-4-3-5-9-13)15-18-16(19-21-15)20-10-6-1-2-7-11-20/h3-5,8-9,14H,1-2,6-7,10-12,17H2. The fourth-order valence-electron chi connectivity index (χ4n) is 2.83. The minimum atomic E-state index is -0.0283. The molecule has 5 nitrogen and oxygen atoms in total. The van der Waals surface area contributed by atoms with Crippen LogP contribution < -0.4 is 10.6 Å². The van der Waals surface area contributed by atoms with Crippen LogP contribution in [0.5, 0.6) is 0 Å². The third-order valence-electron chi connectivity index (χ3n) is 4.06. The van der Waals surface area contributed by atoms with Crippen molar-refractivity contribution in [3.05, 3.63) is 41.8 Å².